The molecule has 8 heteroatoms. The zero-order valence-electron chi connectivity index (χ0n) is 20.2. The number of unbranched alkanes of at least 4 members (excludes halogenated alkanes) is 1. The summed E-state index contributed by atoms with van der Waals surface area (Å²) in [6.07, 6.45) is 4.46. The fourth-order valence-corrected chi connectivity index (χ4v) is 5.74. The molecule has 1 aliphatic carbocycles. The lowest BCUT2D eigenvalue weighted by molar-refractivity contribution is 0.0649. The molecule has 0 spiro atoms. The molecule has 5 rings (SSSR count). The Bertz CT molecular complexity index is 1100. The van der Waals surface area contributed by atoms with Crippen LogP contribution in [-0.2, 0) is 6.42 Å². The first-order valence-electron chi connectivity index (χ1n) is 12.2. The van der Waals surface area contributed by atoms with E-state index in [0.29, 0.717) is 35.4 Å². The molecule has 1 saturated heterocycles. The Kier molecular flexibility index (Phi) is 7.47. The average Bonchev–Trinajstić information content (AvgIpc) is 3.36. The molecule has 0 radical (unpaired) electrons. The van der Waals surface area contributed by atoms with E-state index >= 15 is 0 Å². The van der Waals surface area contributed by atoms with Gasteiger partial charge in [-0.2, -0.15) is 0 Å². The maximum Gasteiger partial charge on any atom is 0.414 e. The van der Waals surface area contributed by atoms with Gasteiger partial charge in [-0.3, -0.25) is 19.4 Å². The summed E-state index contributed by atoms with van der Waals surface area (Å²) in [6.45, 7) is 2.48. The van der Waals surface area contributed by atoms with Gasteiger partial charge in [-0.1, -0.05) is 24.3 Å². The molecular weight excluding hydrogens is 466 g/mol. The fourth-order valence-electron chi connectivity index (χ4n) is 5.74. The number of carbonyl (C=O) groups is 3. The number of carbonyl (C=O) groups excluding carboxylic acids is 3. The maximum absolute atomic E-state index is 12.6. The molecule has 2 aliphatic heterocycles. The third-order valence-electron chi connectivity index (χ3n) is 7.44. The number of nitrogens with zero attached hydrogens (tertiary/aromatic N) is 3. The molecule has 2 aromatic carbocycles. The molecule has 2 heterocycles. The Morgan fingerprint density at radius 2 is 1.66 bits per heavy atom. The Labute approximate surface area is 212 Å². The number of hydrogen-bond acceptors (Lipinski definition) is 5. The van der Waals surface area contributed by atoms with Crippen LogP contribution in [0.5, 0.6) is 5.75 Å². The summed E-state index contributed by atoms with van der Waals surface area (Å²) in [7, 11) is 3.38. The number of benzene rings is 2. The smallest absolute Gasteiger partial charge is 0.410 e. The standard InChI is InChI=1S/C27H31N3O4.ClH/c1-28(2)27(33)34-24-11-7-10-18-19-14-17-29(23(19)13-12-20(18)24)15-5-6-16-30-25(31)21-8-3-4-9-22(21)26(30)32;/h3-4,7-11,19,23H,5-6,12-17H2,1-2H3;1H/t19-,23+;/m0./s1. The Hall–Kier alpha value is -2.90. The average molecular weight is 498 g/mol. The van der Waals surface area contributed by atoms with Crippen molar-refractivity contribution >= 4 is 30.3 Å². The summed E-state index contributed by atoms with van der Waals surface area (Å²) in [5, 5.41) is 0. The van der Waals surface area contributed by atoms with Gasteiger partial charge in [-0.15, -0.1) is 12.4 Å². The second-order valence-electron chi connectivity index (χ2n) is 9.64. The molecule has 0 bridgehead atoms. The second-order valence-corrected chi connectivity index (χ2v) is 9.64. The van der Waals surface area contributed by atoms with Gasteiger partial charge in [0.05, 0.1) is 11.1 Å². The summed E-state index contributed by atoms with van der Waals surface area (Å²) in [5.41, 5.74) is 3.53. The predicted molar refractivity (Wildman–Crippen MR) is 135 cm³/mol. The van der Waals surface area contributed by atoms with Crippen LogP contribution in [0.1, 0.15) is 63.4 Å². The van der Waals surface area contributed by atoms with Gasteiger partial charge in [0.2, 0.25) is 0 Å². The van der Waals surface area contributed by atoms with Gasteiger partial charge >= 0.3 is 6.09 Å². The Morgan fingerprint density at radius 1 is 0.971 bits per heavy atom. The van der Waals surface area contributed by atoms with Crippen LogP contribution in [0.2, 0.25) is 0 Å². The topological polar surface area (TPSA) is 70.2 Å². The van der Waals surface area contributed by atoms with Crippen molar-refractivity contribution in [3.05, 3.63) is 64.7 Å². The minimum Gasteiger partial charge on any atom is -0.410 e. The van der Waals surface area contributed by atoms with Crippen molar-refractivity contribution in [1.29, 1.82) is 0 Å². The molecule has 2 atom stereocenters. The van der Waals surface area contributed by atoms with Crippen LogP contribution >= 0.6 is 12.4 Å². The molecule has 35 heavy (non-hydrogen) atoms. The lowest BCUT2D eigenvalue weighted by Gasteiger charge is -2.34. The molecule has 3 amide bonds. The number of hydrogen-bond donors (Lipinski definition) is 0. The van der Waals surface area contributed by atoms with Gasteiger partial charge in [-0.25, -0.2) is 4.79 Å². The van der Waals surface area contributed by atoms with E-state index in [9.17, 15) is 14.4 Å². The van der Waals surface area contributed by atoms with E-state index < -0.39 is 0 Å². The largest absolute Gasteiger partial charge is 0.414 e. The summed E-state index contributed by atoms with van der Waals surface area (Å²) < 4.78 is 5.63. The van der Waals surface area contributed by atoms with Gasteiger partial charge in [0, 0.05) is 32.6 Å². The van der Waals surface area contributed by atoms with Crippen molar-refractivity contribution < 1.29 is 19.1 Å². The molecule has 0 saturated carbocycles. The van der Waals surface area contributed by atoms with E-state index in [1.807, 2.05) is 12.1 Å². The SMILES string of the molecule is CN(C)C(=O)Oc1cccc2c1CC[C@@H]1[C@H]2CCN1CCCCN1C(=O)c2ccccc2C1=O.Cl. The van der Waals surface area contributed by atoms with Gasteiger partial charge in [0.25, 0.3) is 11.8 Å². The number of likely N-dealkylation sites (tertiary alicyclic amines) is 1. The van der Waals surface area contributed by atoms with Crippen LogP contribution < -0.4 is 4.74 Å². The van der Waals surface area contributed by atoms with E-state index in [1.54, 1.807) is 38.4 Å². The number of ether oxygens (including phenoxy) is 1. The molecule has 0 unspecified atom stereocenters. The third kappa shape index (κ3) is 4.67. The molecule has 0 aromatic heterocycles. The fraction of sp³-hybridized carbons (Fsp3) is 0.444. The van der Waals surface area contributed by atoms with Gasteiger partial charge in [0.15, 0.2) is 0 Å². The molecular formula is C27H32ClN3O4. The van der Waals surface area contributed by atoms with E-state index in [0.717, 1.165) is 45.2 Å². The summed E-state index contributed by atoms with van der Waals surface area (Å²) in [5.74, 6) is 0.806. The van der Waals surface area contributed by atoms with Crippen LogP contribution in [0, 0.1) is 0 Å². The number of fused-ring (bicyclic) bond motifs is 4. The van der Waals surface area contributed by atoms with Crippen molar-refractivity contribution in [3.8, 4) is 5.75 Å². The zero-order valence-corrected chi connectivity index (χ0v) is 21.1. The van der Waals surface area contributed by atoms with Gasteiger partial charge < -0.3 is 9.64 Å². The lowest BCUT2D eigenvalue weighted by atomic mass is 9.79. The number of amides is 3. The van der Waals surface area contributed by atoms with Crippen LogP contribution in [0.4, 0.5) is 4.79 Å². The number of halogens is 1. The van der Waals surface area contributed by atoms with Crippen LogP contribution in [0.15, 0.2) is 42.5 Å². The first-order chi connectivity index (χ1) is 16.5. The minimum absolute atomic E-state index is 0. The first-order valence-corrected chi connectivity index (χ1v) is 12.2. The monoisotopic (exact) mass is 497 g/mol. The third-order valence-corrected chi connectivity index (χ3v) is 7.44. The van der Waals surface area contributed by atoms with Crippen LogP contribution in [0.3, 0.4) is 0 Å². The van der Waals surface area contributed by atoms with Crippen molar-refractivity contribution in [2.45, 2.75) is 44.1 Å². The van der Waals surface area contributed by atoms with E-state index in [-0.39, 0.29) is 30.3 Å². The lowest BCUT2D eigenvalue weighted by Crippen LogP contribution is -2.36. The number of imide groups is 1. The van der Waals surface area contributed by atoms with Crippen molar-refractivity contribution in [2.24, 2.45) is 0 Å². The number of rotatable bonds is 6. The zero-order chi connectivity index (χ0) is 23.8. The quantitative estimate of drug-likeness (QED) is 0.438. The molecule has 3 aliphatic rings. The first kappa shape index (κ1) is 25.2. The summed E-state index contributed by atoms with van der Waals surface area (Å²) >= 11 is 0. The van der Waals surface area contributed by atoms with Gasteiger partial charge in [-0.05, 0) is 74.5 Å². The van der Waals surface area contributed by atoms with Gasteiger partial charge in [0.1, 0.15) is 5.75 Å². The summed E-state index contributed by atoms with van der Waals surface area (Å²) in [6, 6.07) is 13.6. The molecule has 186 valence electrons. The maximum atomic E-state index is 12.6. The highest BCUT2D eigenvalue weighted by molar-refractivity contribution is 6.21. The van der Waals surface area contributed by atoms with Crippen molar-refractivity contribution in [1.82, 2.24) is 14.7 Å². The Morgan fingerprint density at radius 3 is 2.34 bits per heavy atom. The van der Waals surface area contributed by atoms with Crippen LogP contribution in [0.25, 0.3) is 0 Å². The highest BCUT2D eigenvalue weighted by Crippen LogP contribution is 2.44. The van der Waals surface area contributed by atoms with E-state index in [1.165, 1.54) is 20.9 Å². The molecule has 2 aromatic rings. The second kappa shape index (κ2) is 10.4. The highest BCUT2D eigenvalue weighted by atomic mass is 35.5. The Balaban J connectivity index is 0.00000289. The van der Waals surface area contributed by atoms with Crippen molar-refractivity contribution in [3.63, 3.8) is 0 Å². The van der Waals surface area contributed by atoms with Crippen LogP contribution in [-0.4, -0.2) is 72.4 Å². The predicted octanol–water partition coefficient (Wildman–Crippen LogP) is 4.35. The summed E-state index contributed by atoms with van der Waals surface area (Å²) in [4.78, 5) is 42.6. The highest BCUT2D eigenvalue weighted by Gasteiger charge is 2.39. The van der Waals surface area contributed by atoms with E-state index in [2.05, 4.69) is 11.0 Å². The minimum atomic E-state index is -0.346. The normalized spacial score (nSPS) is 20.7. The molecule has 7 nitrogen and oxygen atoms in total. The molecule has 1 fully saturated rings. The molecule has 0 N–H and O–H groups in total. The van der Waals surface area contributed by atoms with E-state index in [4.69, 9.17) is 4.74 Å². The van der Waals surface area contributed by atoms with Crippen molar-refractivity contribution in [2.75, 3.05) is 33.7 Å².